The zero-order valence-corrected chi connectivity index (χ0v) is 8.28. The van der Waals surface area contributed by atoms with Crippen LogP contribution in [0, 0.1) is 12.3 Å². The number of hydrogen-bond acceptors (Lipinski definition) is 0. The third-order valence-electron chi connectivity index (χ3n) is 1.23. The Morgan fingerprint density at radius 1 is 1.27 bits per heavy atom. The minimum Gasteiger partial charge on any atom is -0.115 e. The lowest BCUT2D eigenvalue weighted by Gasteiger charge is -1.79. The Bertz CT molecular complexity index is 123. The van der Waals surface area contributed by atoms with Crippen LogP contribution in [-0.4, -0.2) is 0 Å². The van der Waals surface area contributed by atoms with Gasteiger partial charge in [-0.05, 0) is 24.8 Å². The van der Waals surface area contributed by atoms with Crippen LogP contribution in [-0.2, 0) is 0 Å². The van der Waals surface area contributed by atoms with E-state index in [2.05, 4.69) is 12.0 Å². The molecule has 0 fully saturated rings. The van der Waals surface area contributed by atoms with Crippen LogP contribution in [0.4, 0.5) is 0 Å². The molecule has 0 radical (unpaired) electrons. The fraction of sp³-hybridized carbons (Fsp3) is 0.636. The highest BCUT2D eigenvalue weighted by Gasteiger charge is 1.98. The zero-order chi connectivity index (χ0) is 9.11. The minimum atomic E-state index is 1.14. The first-order chi connectivity index (χ1) is 5.43. The second kappa shape index (κ2) is 12.0. The normalized spacial score (nSPS) is 12.8. The molecule has 0 N–H and O–H groups in total. The summed E-state index contributed by atoms with van der Waals surface area (Å²) in [7, 11) is 0. The van der Waals surface area contributed by atoms with Crippen molar-refractivity contribution in [3.63, 3.8) is 0 Å². The van der Waals surface area contributed by atoms with Crippen LogP contribution >= 0.6 is 0 Å². The van der Waals surface area contributed by atoms with Gasteiger partial charge in [0.1, 0.15) is 0 Å². The largest absolute Gasteiger partial charge is 0.115 e. The van der Waals surface area contributed by atoms with Crippen molar-refractivity contribution in [1.29, 1.82) is 0 Å². The second-order valence-electron chi connectivity index (χ2n) is 1.77. The van der Waals surface area contributed by atoms with Gasteiger partial charge < -0.3 is 0 Å². The van der Waals surface area contributed by atoms with Crippen molar-refractivity contribution in [3.05, 3.63) is 11.6 Å². The summed E-state index contributed by atoms with van der Waals surface area (Å²) in [5.41, 5.74) is 1.19. The molecule has 0 unspecified atom stereocenters. The van der Waals surface area contributed by atoms with Crippen LogP contribution < -0.4 is 0 Å². The van der Waals surface area contributed by atoms with Crippen molar-refractivity contribution in [2.24, 2.45) is 0 Å². The molecule has 0 spiro atoms. The van der Waals surface area contributed by atoms with Gasteiger partial charge in [0, 0.05) is 0 Å². The Morgan fingerprint density at radius 3 is 2.00 bits per heavy atom. The first-order valence-corrected chi connectivity index (χ1v) is 4.59. The molecule has 64 valence electrons. The van der Waals surface area contributed by atoms with E-state index in [1.807, 2.05) is 27.7 Å². The summed E-state index contributed by atoms with van der Waals surface area (Å²) in [5, 5.41) is 0. The average molecular weight is 152 g/mol. The van der Waals surface area contributed by atoms with Crippen molar-refractivity contribution >= 4 is 0 Å². The van der Waals surface area contributed by atoms with E-state index in [0.29, 0.717) is 0 Å². The van der Waals surface area contributed by atoms with Gasteiger partial charge in [0.05, 0.1) is 0 Å². The molecule has 1 rings (SSSR count). The Labute approximate surface area is 71.7 Å². The van der Waals surface area contributed by atoms with E-state index in [-0.39, 0.29) is 0 Å². The highest BCUT2D eigenvalue weighted by molar-refractivity contribution is 5.27. The molecule has 0 amide bonds. The van der Waals surface area contributed by atoms with Gasteiger partial charge in [0.15, 0.2) is 0 Å². The Hall–Kier alpha value is -0.700. The molecule has 11 heavy (non-hydrogen) atoms. The highest BCUT2D eigenvalue weighted by Crippen LogP contribution is 2.15. The molecule has 0 saturated heterocycles. The monoisotopic (exact) mass is 152 g/mol. The molecule has 0 bridgehead atoms. The summed E-state index contributed by atoms with van der Waals surface area (Å²) in [6.45, 7) is 8.00. The maximum atomic E-state index is 5.12. The van der Waals surface area contributed by atoms with Crippen molar-refractivity contribution in [1.82, 2.24) is 0 Å². The summed E-state index contributed by atoms with van der Waals surface area (Å²) >= 11 is 0. The molecule has 1 aliphatic rings. The molecule has 0 heteroatoms. The topological polar surface area (TPSA) is 0 Å². The lowest BCUT2D eigenvalue weighted by atomic mass is 10.2. The van der Waals surface area contributed by atoms with Crippen LogP contribution in [0.2, 0.25) is 0 Å². The maximum Gasteiger partial charge on any atom is -0.00222 e. The van der Waals surface area contributed by atoms with E-state index >= 15 is 0 Å². The summed E-state index contributed by atoms with van der Waals surface area (Å²) in [4.78, 5) is 0. The number of terminal acetylenes is 1. The minimum absolute atomic E-state index is 1.14. The SMILES string of the molecule is C#CC1=CCCC1.CC.CC. The molecular formula is C11H20. The fourth-order valence-electron chi connectivity index (χ4n) is 0.802. The Balaban J connectivity index is 0. The molecule has 0 nitrogen and oxygen atoms in total. The number of hydrogen-bond donors (Lipinski definition) is 0. The van der Waals surface area contributed by atoms with E-state index in [9.17, 15) is 0 Å². The van der Waals surface area contributed by atoms with Gasteiger partial charge in [-0.25, -0.2) is 0 Å². The van der Waals surface area contributed by atoms with Crippen LogP contribution in [0.1, 0.15) is 47.0 Å². The Kier molecular flexibility index (Phi) is 14.1. The van der Waals surface area contributed by atoms with Crippen molar-refractivity contribution in [3.8, 4) is 12.3 Å². The smallest absolute Gasteiger partial charge is 0.00222 e. The first kappa shape index (κ1) is 12.9. The van der Waals surface area contributed by atoms with Crippen molar-refractivity contribution in [2.75, 3.05) is 0 Å². The summed E-state index contributed by atoms with van der Waals surface area (Å²) in [5.74, 6) is 2.62. The van der Waals surface area contributed by atoms with Gasteiger partial charge >= 0.3 is 0 Å². The van der Waals surface area contributed by atoms with Gasteiger partial charge in [0.2, 0.25) is 0 Å². The molecule has 0 atom stereocenters. The van der Waals surface area contributed by atoms with E-state index in [1.54, 1.807) is 0 Å². The highest BCUT2D eigenvalue weighted by atomic mass is 14.0. The van der Waals surface area contributed by atoms with Crippen molar-refractivity contribution < 1.29 is 0 Å². The molecule has 0 aromatic rings. The van der Waals surface area contributed by atoms with Gasteiger partial charge in [-0.2, -0.15) is 0 Å². The van der Waals surface area contributed by atoms with Gasteiger partial charge in [-0.1, -0.05) is 39.7 Å². The number of rotatable bonds is 0. The molecule has 0 aliphatic heterocycles. The van der Waals surface area contributed by atoms with Crippen LogP contribution in [0.5, 0.6) is 0 Å². The quantitative estimate of drug-likeness (QED) is 0.463. The summed E-state index contributed by atoms with van der Waals surface area (Å²) in [6, 6.07) is 0. The van der Waals surface area contributed by atoms with Crippen LogP contribution in [0.3, 0.4) is 0 Å². The number of allylic oxidation sites excluding steroid dienone is 2. The van der Waals surface area contributed by atoms with E-state index in [1.165, 1.54) is 18.4 Å². The van der Waals surface area contributed by atoms with E-state index in [4.69, 9.17) is 6.42 Å². The molecular weight excluding hydrogens is 132 g/mol. The van der Waals surface area contributed by atoms with Gasteiger partial charge in [-0.15, -0.1) is 6.42 Å². The molecule has 0 saturated carbocycles. The molecule has 0 aromatic heterocycles. The van der Waals surface area contributed by atoms with Gasteiger partial charge in [-0.3, -0.25) is 0 Å². The van der Waals surface area contributed by atoms with E-state index in [0.717, 1.165) is 6.42 Å². The van der Waals surface area contributed by atoms with Crippen molar-refractivity contribution in [2.45, 2.75) is 47.0 Å². The summed E-state index contributed by atoms with van der Waals surface area (Å²) in [6.07, 6.45) is 10.8. The average Bonchev–Trinajstić information content (AvgIpc) is 2.63. The second-order valence-corrected chi connectivity index (χ2v) is 1.77. The standard InChI is InChI=1S/C7H8.2C2H6/c1-2-7-5-3-4-6-7;2*1-2/h1,5H,3-4,6H2;2*1-2H3. The van der Waals surface area contributed by atoms with E-state index < -0.39 is 0 Å². The fourth-order valence-corrected chi connectivity index (χ4v) is 0.802. The third-order valence-corrected chi connectivity index (χ3v) is 1.23. The lowest BCUT2D eigenvalue weighted by Crippen LogP contribution is -1.64. The zero-order valence-electron chi connectivity index (χ0n) is 8.28. The summed E-state index contributed by atoms with van der Waals surface area (Å²) < 4.78 is 0. The first-order valence-electron chi connectivity index (χ1n) is 4.59. The molecule has 1 aliphatic carbocycles. The van der Waals surface area contributed by atoms with Crippen LogP contribution in [0.25, 0.3) is 0 Å². The molecule has 0 aromatic carbocycles. The lowest BCUT2D eigenvalue weighted by molar-refractivity contribution is 0.919. The Morgan fingerprint density at radius 2 is 1.82 bits per heavy atom. The van der Waals surface area contributed by atoms with Gasteiger partial charge in [0.25, 0.3) is 0 Å². The predicted octanol–water partition coefficient (Wildman–Crippen LogP) is 3.78. The maximum absolute atomic E-state index is 5.12. The predicted molar refractivity (Wildman–Crippen MR) is 53.5 cm³/mol. The third kappa shape index (κ3) is 7.19. The molecule has 0 heterocycles. The van der Waals surface area contributed by atoms with Crippen LogP contribution in [0.15, 0.2) is 11.6 Å².